The monoisotopic (exact) mass is 465 g/mol. The van der Waals surface area contributed by atoms with Crippen LogP contribution in [0.3, 0.4) is 0 Å². The predicted octanol–water partition coefficient (Wildman–Crippen LogP) is 8.84. The van der Waals surface area contributed by atoms with E-state index in [2.05, 4.69) is 11.9 Å². The molecule has 0 spiro atoms. The summed E-state index contributed by atoms with van der Waals surface area (Å²) in [5.41, 5.74) is 2.57. The van der Waals surface area contributed by atoms with Crippen molar-refractivity contribution in [3.8, 4) is 11.5 Å². The van der Waals surface area contributed by atoms with Crippen molar-refractivity contribution in [2.75, 3.05) is 0 Å². The number of carbonyl (C=O) groups is 1. The lowest BCUT2D eigenvalue weighted by molar-refractivity contribution is -0.134. The van der Waals surface area contributed by atoms with E-state index in [4.69, 9.17) is 4.74 Å². The zero-order valence-electron chi connectivity index (χ0n) is 21.2. The Morgan fingerprint density at radius 1 is 0.824 bits per heavy atom. The third-order valence-electron chi connectivity index (χ3n) is 6.10. The van der Waals surface area contributed by atoms with Crippen LogP contribution in [0.25, 0.3) is 0 Å². The first-order chi connectivity index (χ1) is 16.6. The van der Waals surface area contributed by atoms with E-state index in [0.717, 1.165) is 18.5 Å². The topological polar surface area (TPSA) is 58.9 Å². The highest BCUT2D eigenvalue weighted by Crippen LogP contribution is 2.24. The Morgan fingerprint density at radius 3 is 1.94 bits per heavy atom. The smallest absolute Gasteiger partial charge is 0.311 e. The molecule has 0 saturated carbocycles. The minimum atomic E-state index is -0.247. The number of ether oxygens (including phenoxy) is 1. The molecule has 0 fully saturated rings. The summed E-state index contributed by atoms with van der Waals surface area (Å²) in [5.74, 6) is 0.162. The number of aryl methyl sites for hydroxylation is 1. The third-order valence-corrected chi connectivity index (χ3v) is 6.10. The van der Waals surface area contributed by atoms with Crippen LogP contribution in [0.15, 0.2) is 47.5 Å². The first kappa shape index (κ1) is 27.6. The normalized spacial score (nSPS) is 11.2. The van der Waals surface area contributed by atoms with Crippen molar-refractivity contribution in [1.82, 2.24) is 0 Å². The summed E-state index contributed by atoms with van der Waals surface area (Å²) in [6.07, 6.45) is 18.6. The number of hydrogen-bond acceptors (Lipinski definition) is 4. The van der Waals surface area contributed by atoms with Gasteiger partial charge in [-0.3, -0.25) is 9.79 Å². The van der Waals surface area contributed by atoms with E-state index in [1.54, 1.807) is 18.3 Å². The van der Waals surface area contributed by atoms with Gasteiger partial charge in [-0.05, 0) is 37.6 Å². The summed E-state index contributed by atoms with van der Waals surface area (Å²) in [4.78, 5) is 16.5. The van der Waals surface area contributed by atoms with Crippen LogP contribution in [-0.4, -0.2) is 17.3 Å². The summed E-state index contributed by atoms with van der Waals surface area (Å²) >= 11 is 0. The zero-order chi connectivity index (χ0) is 24.4. The summed E-state index contributed by atoms with van der Waals surface area (Å²) in [6, 6.07) is 12.7. The van der Waals surface area contributed by atoms with Crippen molar-refractivity contribution in [1.29, 1.82) is 0 Å². The molecule has 2 aromatic rings. The van der Waals surface area contributed by atoms with Gasteiger partial charge >= 0.3 is 5.97 Å². The Morgan fingerprint density at radius 2 is 1.38 bits per heavy atom. The Labute approximate surface area is 206 Å². The molecule has 2 aromatic carbocycles. The number of nitrogens with zero attached hydrogens (tertiary/aromatic N) is 1. The Bertz CT molecular complexity index is 858. The van der Waals surface area contributed by atoms with Gasteiger partial charge in [0.05, 0.1) is 5.69 Å². The summed E-state index contributed by atoms with van der Waals surface area (Å²) in [6.45, 7) is 4.29. The van der Waals surface area contributed by atoms with Crippen LogP contribution in [-0.2, 0) is 4.79 Å². The second-order valence-electron chi connectivity index (χ2n) is 9.28. The highest BCUT2D eigenvalue weighted by Gasteiger charge is 2.07. The molecule has 0 unspecified atom stereocenters. The molecule has 4 heteroatoms. The molecule has 0 aliphatic rings. The van der Waals surface area contributed by atoms with Crippen molar-refractivity contribution in [2.24, 2.45) is 4.99 Å². The van der Waals surface area contributed by atoms with Gasteiger partial charge in [0, 0.05) is 24.3 Å². The second-order valence-corrected chi connectivity index (χ2v) is 9.28. The Kier molecular flexibility index (Phi) is 13.7. The second kappa shape index (κ2) is 16.9. The molecule has 0 saturated heterocycles. The molecular formula is C30H43NO3. The highest BCUT2D eigenvalue weighted by atomic mass is 16.5. The zero-order valence-corrected chi connectivity index (χ0v) is 21.2. The molecule has 186 valence electrons. The Hall–Kier alpha value is -2.62. The summed E-state index contributed by atoms with van der Waals surface area (Å²) < 4.78 is 5.39. The summed E-state index contributed by atoms with van der Waals surface area (Å²) in [5, 5.41) is 10.2. The minimum absolute atomic E-state index is 0.0436. The fourth-order valence-electron chi connectivity index (χ4n) is 3.94. The van der Waals surface area contributed by atoms with Crippen LogP contribution < -0.4 is 4.74 Å². The van der Waals surface area contributed by atoms with Crippen LogP contribution in [0.2, 0.25) is 0 Å². The highest BCUT2D eigenvalue weighted by molar-refractivity contribution is 5.86. The molecule has 2 rings (SSSR count). The maximum absolute atomic E-state index is 12.1. The molecule has 1 N–H and O–H groups in total. The maximum Gasteiger partial charge on any atom is 0.311 e. The van der Waals surface area contributed by atoms with E-state index in [1.165, 1.54) is 82.3 Å². The number of rotatable bonds is 17. The van der Waals surface area contributed by atoms with Gasteiger partial charge in [0.1, 0.15) is 11.5 Å². The van der Waals surface area contributed by atoms with Gasteiger partial charge in [0.2, 0.25) is 0 Å². The first-order valence-electron chi connectivity index (χ1n) is 13.2. The largest absolute Gasteiger partial charge is 0.507 e. The minimum Gasteiger partial charge on any atom is -0.507 e. The molecule has 34 heavy (non-hydrogen) atoms. The van der Waals surface area contributed by atoms with E-state index in [9.17, 15) is 9.90 Å². The number of aliphatic imine (C=N–C) groups is 1. The molecular weight excluding hydrogens is 422 g/mol. The average Bonchev–Trinajstić information content (AvgIpc) is 2.82. The quantitative estimate of drug-likeness (QED) is 0.110. The van der Waals surface area contributed by atoms with Crippen molar-refractivity contribution in [2.45, 2.75) is 104 Å². The van der Waals surface area contributed by atoms with Gasteiger partial charge in [0.15, 0.2) is 0 Å². The predicted molar refractivity (Wildman–Crippen MR) is 142 cm³/mol. The molecule has 4 nitrogen and oxygen atoms in total. The average molecular weight is 466 g/mol. The standard InChI is InChI=1S/C30H43NO3/c1-3-4-5-6-7-8-9-10-11-12-13-14-15-16-30(33)34-28-22-19-26(29(32)23-28)24-31-27-20-17-25(2)18-21-27/h17-24,32H,3-16H2,1-2H3. The van der Waals surface area contributed by atoms with Crippen molar-refractivity contribution >= 4 is 17.9 Å². The van der Waals surface area contributed by atoms with Gasteiger partial charge in [-0.25, -0.2) is 0 Å². The van der Waals surface area contributed by atoms with E-state index in [-0.39, 0.29) is 11.7 Å². The van der Waals surface area contributed by atoms with E-state index in [0.29, 0.717) is 17.7 Å². The van der Waals surface area contributed by atoms with Gasteiger partial charge in [-0.2, -0.15) is 0 Å². The third kappa shape index (κ3) is 12.0. The number of benzene rings is 2. The number of phenols is 1. The molecule has 0 amide bonds. The van der Waals surface area contributed by atoms with Crippen LogP contribution in [0.1, 0.15) is 108 Å². The number of hydrogen-bond donors (Lipinski definition) is 1. The maximum atomic E-state index is 12.1. The number of phenolic OH excluding ortho intramolecular Hbond substituents is 1. The lowest BCUT2D eigenvalue weighted by Crippen LogP contribution is -2.07. The molecule has 0 aromatic heterocycles. The molecule has 0 bridgehead atoms. The van der Waals surface area contributed by atoms with Crippen LogP contribution in [0, 0.1) is 6.92 Å². The van der Waals surface area contributed by atoms with E-state index < -0.39 is 0 Å². The fraction of sp³-hybridized carbons (Fsp3) is 0.533. The first-order valence-corrected chi connectivity index (χ1v) is 13.2. The molecule has 0 heterocycles. The number of unbranched alkanes of at least 4 members (excludes halogenated alkanes) is 12. The van der Waals surface area contributed by atoms with Gasteiger partial charge in [-0.1, -0.05) is 102 Å². The molecule has 0 aliphatic heterocycles. The number of esters is 1. The molecule has 0 radical (unpaired) electrons. The SMILES string of the molecule is CCCCCCCCCCCCCCCC(=O)Oc1ccc(C=Nc2ccc(C)cc2)c(O)c1. The van der Waals surface area contributed by atoms with E-state index in [1.807, 2.05) is 31.2 Å². The molecule has 0 aliphatic carbocycles. The molecule has 0 atom stereocenters. The van der Waals surface area contributed by atoms with Crippen LogP contribution in [0.4, 0.5) is 5.69 Å². The van der Waals surface area contributed by atoms with Gasteiger partial charge in [0.25, 0.3) is 0 Å². The van der Waals surface area contributed by atoms with Gasteiger partial charge < -0.3 is 9.84 Å². The Balaban J connectivity index is 1.55. The van der Waals surface area contributed by atoms with Crippen LogP contribution >= 0.6 is 0 Å². The number of carbonyl (C=O) groups excluding carboxylic acids is 1. The fourth-order valence-corrected chi connectivity index (χ4v) is 3.94. The van der Waals surface area contributed by atoms with Crippen molar-refractivity contribution in [3.63, 3.8) is 0 Å². The van der Waals surface area contributed by atoms with Crippen LogP contribution in [0.5, 0.6) is 11.5 Å². The summed E-state index contributed by atoms with van der Waals surface area (Å²) in [7, 11) is 0. The lowest BCUT2D eigenvalue weighted by atomic mass is 10.0. The van der Waals surface area contributed by atoms with Crippen molar-refractivity contribution in [3.05, 3.63) is 53.6 Å². The lowest BCUT2D eigenvalue weighted by Gasteiger charge is -2.06. The number of aromatic hydroxyl groups is 1. The van der Waals surface area contributed by atoms with Gasteiger partial charge in [-0.15, -0.1) is 0 Å². The van der Waals surface area contributed by atoms with E-state index >= 15 is 0 Å². The van der Waals surface area contributed by atoms with Crippen molar-refractivity contribution < 1.29 is 14.6 Å².